The van der Waals surface area contributed by atoms with E-state index in [0.717, 1.165) is 27.8 Å². The van der Waals surface area contributed by atoms with Gasteiger partial charge in [-0.1, -0.05) is 41.4 Å². The van der Waals surface area contributed by atoms with Gasteiger partial charge < -0.3 is 20.1 Å². The standard InChI is InChI=1S/C30H28ClN3O6S/c1-4-39-25-13-20(8-12-24(25)40-17-28(36)32-22-10-5-18(2)6-11-22)14-26-29(37)34(30(38)41-26)16-27(35)33-23-15-21(31)9-7-19(23)3/h5-15H,4,16-17H2,1-3H3,(H,32,36)(H,33,35)/b26-14-. The fourth-order valence-electron chi connectivity index (χ4n) is 3.83. The van der Waals surface area contributed by atoms with Crippen LogP contribution in [0.15, 0.2) is 65.6 Å². The maximum atomic E-state index is 13.0. The minimum atomic E-state index is -0.580. The monoisotopic (exact) mass is 593 g/mol. The lowest BCUT2D eigenvalue weighted by Gasteiger charge is -2.14. The van der Waals surface area contributed by atoms with Gasteiger partial charge in [0.25, 0.3) is 17.1 Å². The van der Waals surface area contributed by atoms with Crippen molar-refractivity contribution in [1.29, 1.82) is 0 Å². The zero-order valence-electron chi connectivity index (χ0n) is 22.7. The zero-order valence-corrected chi connectivity index (χ0v) is 24.2. The Morgan fingerprint density at radius 3 is 2.41 bits per heavy atom. The number of anilines is 2. The molecule has 41 heavy (non-hydrogen) atoms. The van der Waals surface area contributed by atoms with E-state index in [1.54, 1.807) is 42.5 Å². The average Bonchev–Trinajstić information content (AvgIpc) is 3.19. The van der Waals surface area contributed by atoms with Crippen LogP contribution in [-0.4, -0.2) is 47.6 Å². The van der Waals surface area contributed by atoms with Crippen LogP contribution in [0.2, 0.25) is 5.02 Å². The van der Waals surface area contributed by atoms with Crippen molar-refractivity contribution in [3.8, 4) is 11.5 Å². The van der Waals surface area contributed by atoms with Crippen LogP contribution < -0.4 is 20.1 Å². The van der Waals surface area contributed by atoms with Crippen molar-refractivity contribution < 1.29 is 28.7 Å². The third kappa shape index (κ3) is 7.90. The number of hydrogen-bond donors (Lipinski definition) is 2. The Hall–Kier alpha value is -4.28. The number of carbonyl (C=O) groups excluding carboxylic acids is 4. The second kappa shape index (κ2) is 13.4. The van der Waals surface area contributed by atoms with E-state index in [1.165, 1.54) is 0 Å². The van der Waals surface area contributed by atoms with Crippen LogP contribution >= 0.6 is 23.4 Å². The summed E-state index contributed by atoms with van der Waals surface area (Å²) in [6, 6.07) is 17.4. The number of carbonyl (C=O) groups is 4. The van der Waals surface area contributed by atoms with Crippen molar-refractivity contribution in [2.24, 2.45) is 0 Å². The van der Waals surface area contributed by atoms with Gasteiger partial charge in [0.15, 0.2) is 18.1 Å². The lowest BCUT2D eigenvalue weighted by molar-refractivity contribution is -0.127. The number of halogens is 1. The molecule has 0 unspecified atom stereocenters. The van der Waals surface area contributed by atoms with Gasteiger partial charge in [0.05, 0.1) is 11.5 Å². The van der Waals surface area contributed by atoms with Crippen molar-refractivity contribution in [3.63, 3.8) is 0 Å². The molecule has 3 aromatic rings. The summed E-state index contributed by atoms with van der Waals surface area (Å²) < 4.78 is 11.4. The largest absolute Gasteiger partial charge is 0.490 e. The van der Waals surface area contributed by atoms with E-state index in [9.17, 15) is 19.2 Å². The number of ether oxygens (including phenoxy) is 2. The van der Waals surface area contributed by atoms with E-state index in [0.29, 0.717) is 40.1 Å². The summed E-state index contributed by atoms with van der Waals surface area (Å²) in [7, 11) is 0. The van der Waals surface area contributed by atoms with Crippen molar-refractivity contribution >= 4 is 63.8 Å². The minimum absolute atomic E-state index is 0.162. The number of imide groups is 1. The number of thioether (sulfide) groups is 1. The van der Waals surface area contributed by atoms with Crippen LogP contribution in [0, 0.1) is 13.8 Å². The van der Waals surface area contributed by atoms with Crippen LogP contribution in [0.3, 0.4) is 0 Å². The summed E-state index contributed by atoms with van der Waals surface area (Å²) in [4.78, 5) is 51.5. The zero-order chi connectivity index (χ0) is 29.5. The van der Waals surface area contributed by atoms with Gasteiger partial charge in [0.1, 0.15) is 6.54 Å². The van der Waals surface area contributed by atoms with Crippen molar-refractivity contribution in [1.82, 2.24) is 4.90 Å². The fourth-order valence-corrected chi connectivity index (χ4v) is 4.84. The molecule has 1 saturated heterocycles. The Kier molecular flexibility index (Phi) is 9.69. The lowest BCUT2D eigenvalue weighted by atomic mass is 10.2. The second-order valence-electron chi connectivity index (χ2n) is 9.12. The molecular formula is C30H28ClN3O6S. The van der Waals surface area contributed by atoms with Gasteiger partial charge >= 0.3 is 0 Å². The van der Waals surface area contributed by atoms with Gasteiger partial charge in [0, 0.05) is 16.4 Å². The molecule has 3 aromatic carbocycles. The molecule has 0 aromatic heterocycles. The Labute approximate surface area is 246 Å². The highest BCUT2D eigenvalue weighted by Crippen LogP contribution is 2.35. The van der Waals surface area contributed by atoms with Gasteiger partial charge in [-0.05, 0) is 86.1 Å². The molecule has 1 aliphatic heterocycles. The van der Waals surface area contributed by atoms with Gasteiger partial charge in [-0.2, -0.15) is 0 Å². The summed E-state index contributed by atoms with van der Waals surface area (Å²) in [6.45, 7) is 5.25. The first-order valence-electron chi connectivity index (χ1n) is 12.7. The number of hydrogen-bond acceptors (Lipinski definition) is 7. The smallest absolute Gasteiger partial charge is 0.294 e. The second-order valence-corrected chi connectivity index (χ2v) is 10.5. The molecule has 0 atom stereocenters. The van der Waals surface area contributed by atoms with Gasteiger partial charge in [-0.3, -0.25) is 24.1 Å². The molecule has 0 saturated carbocycles. The number of rotatable bonds is 10. The highest BCUT2D eigenvalue weighted by Gasteiger charge is 2.36. The molecule has 0 aliphatic carbocycles. The molecule has 1 heterocycles. The Bertz CT molecular complexity index is 1520. The summed E-state index contributed by atoms with van der Waals surface area (Å²) in [6.07, 6.45) is 1.54. The van der Waals surface area contributed by atoms with Gasteiger partial charge in [-0.15, -0.1) is 0 Å². The Balaban J connectivity index is 1.41. The summed E-state index contributed by atoms with van der Waals surface area (Å²) in [5, 5.41) is 5.36. The highest BCUT2D eigenvalue weighted by molar-refractivity contribution is 8.18. The van der Waals surface area contributed by atoms with E-state index in [4.69, 9.17) is 21.1 Å². The predicted octanol–water partition coefficient (Wildman–Crippen LogP) is 6.05. The lowest BCUT2D eigenvalue weighted by Crippen LogP contribution is -2.36. The Morgan fingerprint density at radius 1 is 0.927 bits per heavy atom. The molecule has 1 aliphatic rings. The first kappa shape index (κ1) is 29.7. The first-order valence-corrected chi connectivity index (χ1v) is 13.9. The van der Waals surface area contributed by atoms with Crippen LogP contribution in [0.1, 0.15) is 23.6 Å². The molecule has 1 fully saturated rings. The van der Waals surface area contributed by atoms with Crippen LogP contribution in [0.5, 0.6) is 11.5 Å². The number of aryl methyl sites for hydroxylation is 2. The number of nitrogens with zero attached hydrogens (tertiary/aromatic N) is 1. The molecular weight excluding hydrogens is 566 g/mol. The maximum Gasteiger partial charge on any atom is 0.294 e. The normalized spacial score (nSPS) is 13.9. The topological polar surface area (TPSA) is 114 Å². The number of amides is 4. The number of nitrogens with one attached hydrogen (secondary N) is 2. The maximum absolute atomic E-state index is 13.0. The molecule has 0 bridgehead atoms. The third-order valence-electron chi connectivity index (χ3n) is 5.91. The molecule has 9 nitrogen and oxygen atoms in total. The molecule has 2 N–H and O–H groups in total. The van der Waals surface area contributed by atoms with Gasteiger partial charge in [0.2, 0.25) is 5.91 Å². The van der Waals surface area contributed by atoms with Crippen LogP contribution in [0.4, 0.5) is 16.2 Å². The number of benzene rings is 3. The third-order valence-corrected chi connectivity index (χ3v) is 7.05. The minimum Gasteiger partial charge on any atom is -0.490 e. The molecule has 0 spiro atoms. The van der Waals surface area contributed by atoms with Crippen molar-refractivity contribution in [2.75, 3.05) is 30.4 Å². The first-order chi connectivity index (χ1) is 19.6. The van der Waals surface area contributed by atoms with E-state index >= 15 is 0 Å². The SMILES string of the molecule is CCOc1cc(/C=C2\SC(=O)N(CC(=O)Nc3cc(Cl)ccc3C)C2=O)ccc1OCC(=O)Nc1ccc(C)cc1. The van der Waals surface area contributed by atoms with Crippen molar-refractivity contribution in [2.45, 2.75) is 20.8 Å². The van der Waals surface area contributed by atoms with Crippen LogP contribution in [-0.2, 0) is 14.4 Å². The summed E-state index contributed by atoms with van der Waals surface area (Å²) in [5.41, 5.74) is 3.62. The predicted molar refractivity (Wildman–Crippen MR) is 160 cm³/mol. The van der Waals surface area contributed by atoms with E-state index < -0.39 is 23.6 Å². The molecule has 4 amide bonds. The van der Waals surface area contributed by atoms with Crippen molar-refractivity contribution in [3.05, 3.63) is 87.3 Å². The Morgan fingerprint density at radius 2 is 1.68 bits per heavy atom. The molecule has 0 radical (unpaired) electrons. The summed E-state index contributed by atoms with van der Waals surface area (Å²) >= 11 is 6.75. The van der Waals surface area contributed by atoms with Gasteiger partial charge in [-0.25, -0.2) is 0 Å². The fraction of sp³-hybridized carbons (Fsp3) is 0.200. The summed E-state index contributed by atoms with van der Waals surface area (Å²) in [5.74, 6) is -0.706. The molecule has 11 heteroatoms. The average molecular weight is 594 g/mol. The van der Waals surface area contributed by atoms with E-state index in [1.807, 2.05) is 45.0 Å². The van der Waals surface area contributed by atoms with E-state index in [2.05, 4.69) is 10.6 Å². The molecule has 212 valence electrons. The quantitative estimate of drug-likeness (QED) is 0.275. The van der Waals surface area contributed by atoms with E-state index in [-0.39, 0.29) is 17.4 Å². The van der Waals surface area contributed by atoms with Crippen LogP contribution in [0.25, 0.3) is 6.08 Å². The molecule has 4 rings (SSSR count). The highest BCUT2D eigenvalue weighted by atomic mass is 35.5.